The van der Waals surface area contributed by atoms with Gasteiger partial charge in [-0.25, -0.2) is 22.7 Å². The van der Waals surface area contributed by atoms with Crippen molar-refractivity contribution in [2.24, 2.45) is 11.1 Å². The fourth-order valence-electron chi connectivity index (χ4n) is 8.25. The summed E-state index contributed by atoms with van der Waals surface area (Å²) >= 11 is 6.42. The third-order valence-electron chi connectivity index (χ3n) is 10.5. The molecule has 51 heavy (non-hydrogen) atoms. The number of primary sulfonamides is 1. The van der Waals surface area contributed by atoms with Crippen LogP contribution in [-0.4, -0.2) is 92.4 Å². The Labute approximate surface area is 306 Å². The molecule has 13 heteroatoms. The first-order valence-corrected chi connectivity index (χ1v) is 20.3. The highest BCUT2D eigenvalue weighted by Crippen LogP contribution is 2.45. The number of nitrogens with zero attached hydrogens (tertiary/aromatic N) is 3. The van der Waals surface area contributed by atoms with E-state index in [4.69, 9.17) is 21.5 Å². The Bertz CT molecular complexity index is 1720. The van der Waals surface area contributed by atoms with Gasteiger partial charge in [0.1, 0.15) is 17.6 Å². The monoisotopic (exact) mass is 746 g/mol. The van der Waals surface area contributed by atoms with Crippen LogP contribution in [0.2, 0.25) is 5.02 Å². The van der Waals surface area contributed by atoms with Gasteiger partial charge in [-0.1, -0.05) is 44.5 Å². The molecule has 4 atom stereocenters. The van der Waals surface area contributed by atoms with Crippen LogP contribution < -0.4 is 14.8 Å². The van der Waals surface area contributed by atoms with Crippen molar-refractivity contribution in [1.82, 2.24) is 9.80 Å². The van der Waals surface area contributed by atoms with E-state index in [2.05, 4.69) is 11.0 Å². The minimum absolute atomic E-state index is 0.118. The van der Waals surface area contributed by atoms with Gasteiger partial charge in [0.2, 0.25) is 15.9 Å². The molecule has 2 heterocycles. The number of likely N-dealkylation sites (tertiary alicyclic amines) is 1. The Balaban J connectivity index is 1.53. The number of aryl methyl sites for hydroxylation is 1. The summed E-state index contributed by atoms with van der Waals surface area (Å²) in [5.74, 6) is -2.07. The van der Waals surface area contributed by atoms with E-state index >= 15 is 4.39 Å². The van der Waals surface area contributed by atoms with Crippen molar-refractivity contribution in [3.05, 3.63) is 70.0 Å². The second kappa shape index (κ2) is 16.7. The van der Waals surface area contributed by atoms with Gasteiger partial charge in [-0.15, -0.1) is 0 Å². The molecule has 1 aliphatic carbocycles. The lowest BCUT2D eigenvalue weighted by atomic mass is 9.70. The van der Waals surface area contributed by atoms with Crippen LogP contribution >= 0.6 is 11.6 Å². The third-order valence-corrected chi connectivity index (χ3v) is 11.8. The number of carboxylic acids is 1. The number of carboxylic acid groups (broad SMARTS) is 1. The van der Waals surface area contributed by atoms with Crippen molar-refractivity contribution in [2.75, 3.05) is 50.0 Å². The fourth-order valence-corrected chi connectivity index (χ4v) is 9.37. The zero-order valence-electron chi connectivity index (χ0n) is 30.0. The molecule has 1 spiro atoms. The lowest BCUT2D eigenvalue weighted by Gasteiger charge is -2.42. The van der Waals surface area contributed by atoms with E-state index in [0.29, 0.717) is 62.2 Å². The summed E-state index contributed by atoms with van der Waals surface area (Å²) in [6, 6.07) is 9.53. The number of aromatic carboxylic acids is 1. The molecule has 3 aliphatic rings. The van der Waals surface area contributed by atoms with Gasteiger partial charge in [0.25, 0.3) is 0 Å². The zero-order valence-corrected chi connectivity index (χ0v) is 31.5. The van der Waals surface area contributed by atoms with Crippen molar-refractivity contribution in [3.63, 3.8) is 0 Å². The molecule has 1 fully saturated rings. The molecule has 0 aromatic heterocycles. The molecule has 2 aromatic rings. The average molecular weight is 747 g/mol. The Morgan fingerprint density at radius 3 is 2.61 bits per heavy atom. The number of rotatable bonds is 14. The molecule has 10 nitrogen and oxygen atoms in total. The molecule has 0 saturated carbocycles. The Kier molecular flexibility index (Phi) is 12.7. The smallest absolute Gasteiger partial charge is 0.335 e. The highest BCUT2D eigenvalue weighted by molar-refractivity contribution is 7.89. The molecular weight excluding hydrogens is 695 g/mol. The van der Waals surface area contributed by atoms with Crippen LogP contribution in [-0.2, 0) is 26.7 Å². The van der Waals surface area contributed by atoms with E-state index in [9.17, 15) is 23.1 Å². The molecule has 0 bridgehead atoms. The van der Waals surface area contributed by atoms with Crippen LogP contribution in [0, 0.1) is 5.92 Å². The molecule has 2 aromatic carbocycles. The summed E-state index contributed by atoms with van der Waals surface area (Å²) in [5.41, 5.74) is 2.75. The number of carbonyl (C=O) groups excluding carboxylic acids is 1. The number of allylic oxidation sites excluding steroid dienone is 1. The topological polar surface area (TPSA) is 133 Å². The van der Waals surface area contributed by atoms with E-state index in [1.165, 1.54) is 17.2 Å². The minimum atomic E-state index is -3.74. The number of benzene rings is 2. The Hall–Kier alpha value is -3.19. The number of sulfonamides is 1. The molecule has 3 N–H and O–H groups in total. The SMILES string of the molecule is CCCN(CCC)C(=O)C(/C(F)=C/C[C@H](C)CS(N)(=O)=O)N1CCC[C@H]1CN1C[C@@]2(CCCc3cc(Cl)ccc32)COc2ccc(C(=O)O)cc21. The van der Waals surface area contributed by atoms with Gasteiger partial charge < -0.3 is 19.6 Å². The summed E-state index contributed by atoms with van der Waals surface area (Å²) in [4.78, 5) is 32.4. The first-order valence-electron chi connectivity index (χ1n) is 18.2. The van der Waals surface area contributed by atoms with Crippen LogP contribution in [0.25, 0.3) is 0 Å². The number of hydrogen-bond donors (Lipinski definition) is 2. The van der Waals surface area contributed by atoms with Crippen molar-refractivity contribution in [1.29, 1.82) is 0 Å². The van der Waals surface area contributed by atoms with Gasteiger partial charge in [0.15, 0.2) is 0 Å². The average Bonchev–Trinajstić information content (AvgIpc) is 3.46. The van der Waals surface area contributed by atoms with Gasteiger partial charge in [0.05, 0.1) is 23.6 Å². The van der Waals surface area contributed by atoms with Crippen molar-refractivity contribution in [3.8, 4) is 5.75 Å². The molecule has 0 radical (unpaired) electrons. The molecular formula is C38H52ClFN4O6S. The van der Waals surface area contributed by atoms with E-state index in [-0.39, 0.29) is 29.7 Å². The summed E-state index contributed by atoms with van der Waals surface area (Å²) in [6.07, 6.45) is 7.11. The predicted molar refractivity (Wildman–Crippen MR) is 199 cm³/mol. The molecule has 1 unspecified atom stereocenters. The number of nitrogens with two attached hydrogens (primary N) is 1. The second-order valence-corrected chi connectivity index (χ2v) is 16.7. The maximum absolute atomic E-state index is 16.6. The van der Waals surface area contributed by atoms with Crippen molar-refractivity contribution >= 4 is 39.2 Å². The number of halogens is 2. The first-order chi connectivity index (χ1) is 24.2. The van der Waals surface area contributed by atoms with Gasteiger partial charge in [-0.05, 0) is 105 Å². The molecule has 1 amide bonds. The normalized spacial score (nSPS) is 22.1. The lowest BCUT2D eigenvalue weighted by molar-refractivity contribution is -0.136. The zero-order chi connectivity index (χ0) is 36.9. The largest absolute Gasteiger partial charge is 0.490 e. The first kappa shape index (κ1) is 39.0. The van der Waals surface area contributed by atoms with E-state index < -0.39 is 39.2 Å². The number of carbonyl (C=O) groups is 2. The summed E-state index contributed by atoms with van der Waals surface area (Å²) in [7, 11) is -3.74. The van der Waals surface area contributed by atoms with Crippen molar-refractivity contribution in [2.45, 2.75) is 89.6 Å². The van der Waals surface area contributed by atoms with Crippen LogP contribution in [0.5, 0.6) is 5.75 Å². The number of fused-ring (bicyclic) bond motifs is 3. The fraction of sp³-hybridized carbons (Fsp3) is 0.579. The maximum atomic E-state index is 16.6. The summed E-state index contributed by atoms with van der Waals surface area (Å²) in [5, 5.41) is 15.9. The van der Waals surface area contributed by atoms with Crippen LogP contribution in [0.1, 0.15) is 87.2 Å². The number of ether oxygens (including phenoxy) is 1. The van der Waals surface area contributed by atoms with Gasteiger partial charge >= 0.3 is 5.97 Å². The highest BCUT2D eigenvalue weighted by atomic mass is 35.5. The maximum Gasteiger partial charge on any atom is 0.335 e. The highest BCUT2D eigenvalue weighted by Gasteiger charge is 2.45. The quantitative estimate of drug-likeness (QED) is 0.235. The molecule has 280 valence electrons. The summed E-state index contributed by atoms with van der Waals surface area (Å²) < 4.78 is 46.5. The molecule has 5 rings (SSSR count). The molecule has 2 aliphatic heterocycles. The van der Waals surface area contributed by atoms with Crippen LogP contribution in [0.3, 0.4) is 0 Å². The van der Waals surface area contributed by atoms with E-state index in [1.807, 2.05) is 30.9 Å². The standard InChI is InChI=1S/C38H52ClFN4O6S/c1-4-17-42(18-5-2)36(45)35(32(40)14-10-26(3)23-51(41,48)49)44-19-7-9-30(44)22-43-24-38(16-6-8-27-20-29(39)12-13-31(27)38)25-50-34-15-11-28(37(46)47)21-33(34)43/h11-15,20-21,26,30,35H,4-10,16-19,22-25H2,1-3H3,(H,46,47)(H2,41,48,49)/b32-14-/t26-,30-,35?,38-/m0/s1. The minimum Gasteiger partial charge on any atom is -0.490 e. The Morgan fingerprint density at radius 2 is 1.92 bits per heavy atom. The van der Waals surface area contributed by atoms with Gasteiger partial charge in [-0.3, -0.25) is 9.69 Å². The number of amides is 1. The Morgan fingerprint density at radius 1 is 1.18 bits per heavy atom. The van der Waals surface area contributed by atoms with Crippen LogP contribution in [0.15, 0.2) is 48.3 Å². The van der Waals surface area contributed by atoms with Gasteiger partial charge in [0, 0.05) is 42.7 Å². The van der Waals surface area contributed by atoms with Gasteiger partial charge in [-0.2, -0.15) is 0 Å². The predicted octanol–water partition coefficient (Wildman–Crippen LogP) is 6.16. The van der Waals surface area contributed by atoms with Crippen LogP contribution in [0.4, 0.5) is 10.1 Å². The van der Waals surface area contributed by atoms with Crippen molar-refractivity contribution < 1.29 is 32.2 Å². The second-order valence-electron chi connectivity index (χ2n) is 14.6. The third kappa shape index (κ3) is 9.25. The summed E-state index contributed by atoms with van der Waals surface area (Å²) in [6.45, 7) is 8.54. The molecule has 1 saturated heterocycles. The number of anilines is 1. The van der Waals surface area contributed by atoms with E-state index in [0.717, 1.165) is 38.5 Å². The lowest BCUT2D eigenvalue weighted by Crippen LogP contribution is -2.54. The number of hydrogen-bond acceptors (Lipinski definition) is 7. The van der Waals surface area contributed by atoms with E-state index in [1.54, 1.807) is 30.0 Å².